The first-order valence-electron chi connectivity index (χ1n) is 15.2. The Balaban J connectivity index is 1.04. The molecule has 4 aromatic rings. The van der Waals surface area contributed by atoms with E-state index in [0.717, 1.165) is 64.6 Å². The van der Waals surface area contributed by atoms with E-state index in [9.17, 15) is 4.79 Å². The zero-order valence-electron chi connectivity index (χ0n) is 25.0. The molecule has 0 N–H and O–H groups in total. The van der Waals surface area contributed by atoms with Crippen molar-refractivity contribution in [3.8, 4) is 12.3 Å². The van der Waals surface area contributed by atoms with Crippen molar-refractivity contribution in [3.05, 3.63) is 57.4 Å². The maximum absolute atomic E-state index is 13.5. The predicted molar refractivity (Wildman–Crippen MR) is 171 cm³/mol. The number of halogens is 1. The Kier molecular flexibility index (Phi) is 12.4. The van der Waals surface area contributed by atoms with Crippen LogP contribution >= 0.6 is 15.9 Å². The third kappa shape index (κ3) is 8.78. The lowest BCUT2D eigenvalue weighted by Gasteiger charge is -2.11. The molecule has 11 nitrogen and oxygen atoms in total. The van der Waals surface area contributed by atoms with Gasteiger partial charge in [-0.2, -0.15) is 0 Å². The fourth-order valence-electron chi connectivity index (χ4n) is 5.11. The van der Waals surface area contributed by atoms with E-state index in [0.29, 0.717) is 72.6 Å². The second kappa shape index (κ2) is 16.9. The van der Waals surface area contributed by atoms with Gasteiger partial charge in [0.1, 0.15) is 12.4 Å². The molecule has 0 bridgehead atoms. The zero-order valence-corrected chi connectivity index (χ0v) is 26.6. The Bertz CT molecular complexity index is 1590. The Morgan fingerprint density at radius 3 is 2.20 bits per heavy atom. The molecular formula is C32H40BrN5O6. The summed E-state index contributed by atoms with van der Waals surface area (Å²) in [6, 6.07) is 8.35. The minimum absolute atomic E-state index is 0.00450. The predicted octanol–water partition coefficient (Wildman–Crippen LogP) is 4.19. The van der Waals surface area contributed by atoms with Gasteiger partial charge in [-0.15, -0.1) is 6.42 Å². The first kappa shape index (κ1) is 32.3. The van der Waals surface area contributed by atoms with E-state index in [2.05, 4.69) is 37.5 Å². The smallest absolute Gasteiger partial charge is 0.329 e. The fraction of sp³-hybridized carbons (Fsp3) is 0.531. The molecule has 1 aliphatic rings. The van der Waals surface area contributed by atoms with Gasteiger partial charge in [-0.3, -0.25) is 14.1 Å². The van der Waals surface area contributed by atoms with Crippen LogP contribution in [0.3, 0.4) is 0 Å². The summed E-state index contributed by atoms with van der Waals surface area (Å²) in [5.74, 6) is 3.27. The molecule has 3 heterocycles. The minimum Gasteiger partial charge on any atom is -0.379 e. The van der Waals surface area contributed by atoms with Crippen LogP contribution < -0.4 is 5.69 Å². The Hall–Kier alpha value is -3.05. The van der Waals surface area contributed by atoms with Crippen LogP contribution in [0, 0.1) is 12.3 Å². The van der Waals surface area contributed by atoms with Gasteiger partial charge in [-0.1, -0.05) is 21.9 Å². The number of pyridine rings is 1. The van der Waals surface area contributed by atoms with Gasteiger partial charge in [0.15, 0.2) is 0 Å². The van der Waals surface area contributed by atoms with Gasteiger partial charge in [0.05, 0.1) is 87.7 Å². The van der Waals surface area contributed by atoms with Gasteiger partial charge in [0, 0.05) is 29.9 Å². The molecule has 0 amide bonds. The van der Waals surface area contributed by atoms with Crippen LogP contribution in [0.2, 0.25) is 0 Å². The number of unbranched alkanes of at least 4 members (excludes halogenated alkanes) is 1. The van der Waals surface area contributed by atoms with Gasteiger partial charge in [-0.05, 0) is 49.9 Å². The average Bonchev–Trinajstić information content (AvgIpc) is 3.75. The molecule has 3 aromatic heterocycles. The maximum Gasteiger partial charge on any atom is 0.329 e. The second-order valence-corrected chi connectivity index (χ2v) is 11.5. The molecule has 0 aliphatic heterocycles. The van der Waals surface area contributed by atoms with Gasteiger partial charge >= 0.3 is 5.69 Å². The lowest BCUT2D eigenvalue weighted by atomic mass is 10.3. The molecule has 44 heavy (non-hydrogen) atoms. The van der Waals surface area contributed by atoms with Crippen molar-refractivity contribution in [2.45, 2.75) is 44.8 Å². The molecule has 0 spiro atoms. The molecule has 0 atom stereocenters. The summed E-state index contributed by atoms with van der Waals surface area (Å²) in [5, 5.41) is 0. The lowest BCUT2D eigenvalue weighted by molar-refractivity contribution is -0.00937. The fourth-order valence-corrected chi connectivity index (χ4v) is 5.46. The molecule has 12 heteroatoms. The highest BCUT2D eigenvalue weighted by atomic mass is 79.9. The minimum atomic E-state index is 0.00450. The number of terminal acetylenes is 1. The SMILES string of the molecule is C#CCOCCOCCOCCOCCOCCCCn1c(Cn2c(=O)n(C3CC3)c3ccncc32)nc2cc(Br)ccc21. The number of rotatable bonds is 21. The van der Waals surface area contributed by atoms with Crippen molar-refractivity contribution in [1.29, 1.82) is 0 Å². The molecule has 1 saturated carbocycles. The quantitative estimate of drug-likeness (QED) is 0.0961. The summed E-state index contributed by atoms with van der Waals surface area (Å²) in [6.45, 7) is 6.22. The summed E-state index contributed by atoms with van der Waals surface area (Å²) in [5.41, 5.74) is 3.75. The number of imidazole rings is 2. The summed E-state index contributed by atoms with van der Waals surface area (Å²) in [4.78, 5) is 22.8. The zero-order chi connectivity index (χ0) is 30.6. The lowest BCUT2D eigenvalue weighted by Crippen LogP contribution is -2.25. The molecule has 1 aliphatic carbocycles. The Morgan fingerprint density at radius 2 is 1.52 bits per heavy atom. The van der Waals surface area contributed by atoms with E-state index in [1.165, 1.54) is 0 Å². The summed E-state index contributed by atoms with van der Waals surface area (Å²) in [6.07, 6.45) is 12.5. The van der Waals surface area contributed by atoms with E-state index >= 15 is 0 Å². The largest absolute Gasteiger partial charge is 0.379 e. The molecule has 5 rings (SSSR count). The van der Waals surface area contributed by atoms with Crippen LogP contribution in [0.1, 0.15) is 37.5 Å². The monoisotopic (exact) mass is 669 g/mol. The second-order valence-electron chi connectivity index (χ2n) is 10.6. The molecule has 0 unspecified atom stereocenters. The van der Waals surface area contributed by atoms with Gasteiger partial charge in [0.2, 0.25) is 0 Å². The highest BCUT2D eigenvalue weighted by Gasteiger charge is 2.29. The van der Waals surface area contributed by atoms with Crippen LogP contribution in [0.5, 0.6) is 0 Å². The number of hydrogen-bond donors (Lipinski definition) is 0. The van der Waals surface area contributed by atoms with Crippen molar-refractivity contribution in [2.24, 2.45) is 0 Å². The molecule has 1 aromatic carbocycles. The van der Waals surface area contributed by atoms with Crippen LogP contribution in [-0.2, 0) is 36.8 Å². The van der Waals surface area contributed by atoms with E-state index in [1.807, 2.05) is 27.3 Å². The van der Waals surface area contributed by atoms with Crippen molar-refractivity contribution >= 4 is 38.0 Å². The number of aryl methyl sites for hydroxylation is 1. The molecule has 1 fully saturated rings. The van der Waals surface area contributed by atoms with Crippen molar-refractivity contribution < 1.29 is 23.7 Å². The van der Waals surface area contributed by atoms with Gasteiger partial charge < -0.3 is 28.3 Å². The average molecular weight is 671 g/mol. The van der Waals surface area contributed by atoms with E-state index in [1.54, 1.807) is 12.4 Å². The number of fused-ring (bicyclic) bond motifs is 2. The van der Waals surface area contributed by atoms with E-state index < -0.39 is 0 Å². The number of ether oxygens (including phenoxy) is 5. The normalized spacial score (nSPS) is 13.3. The van der Waals surface area contributed by atoms with Crippen molar-refractivity contribution in [3.63, 3.8) is 0 Å². The number of benzene rings is 1. The Morgan fingerprint density at radius 1 is 0.841 bits per heavy atom. The van der Waals surface area contributed by atoms with Crippen molar-refractivity contribution in [2.75, 3.05) is 66.1 Å². The van der Waals surface area contributed by atoms with E-state index in [4.69, 9.17) is 35.1 Å². The van der Waals surface area contributed by atoms with Gasteiger partial charge in [-0.25, -0.2) is 9.78 Å². The topological polar surface area (TPSA) is 104 Å². The molecule has 0 saturated heterocycles. The maximum atomic E-state index is 13.5. The summed E-state index contributed by atoms with van der Waals surface area (Å²) in [7, 11) is 0. The number of nitrogens with zero attached hydrogens (tertiary/aromatic N) is 5. The first-order chi connectivity index (χ1) is 21.7. The first-order valence-corrected chi connectivity index (χ1v) is 16.0. The number of hydrogen-bond acceptors (Lipinski definition) is 8. The standard InChI is InChI=1S/C32H40BrN5O6/c1-2-12-40-14-16-42-18-20-44-21-19-43-17-15-41-13-4-3-11-36-28-8-5-25(33)22-27(28)35-31(36)24-37-30-23-34-10-9-29(30)38(32(37)39)26-6-7-26/h1,5,8-10,22-23,26H,3-4,6-7,11-21,24H2. The Labute approximate surface area is 265 Å². The summed E-state index contributed by atoms with van der Waals surface area (Å²) < 4.78 is 34.3. The number of aromatic nitrogens is 5. The van der Waals surface area contributed by atoms with Crippen LogP contribution in [0.4, 0.5) is 0 Å². The summed E-state index contributed by atoms with van der Waals surface area (Å²) >= 11 is 3.57. The van der Waals surface area contributed by atoms with Crippen LogP contribution in [0.25, 0.3) is 22.1 Å². The third-order valence-corrected chi connectivity index (χ3v) is 7.85. The van der Waals surface area contributed by atoms with E-state index in [-0.39, 0.29) is 11.7 Å². The molecule has 0 radical (unpaired) electrons. The molecule has 236 valence electrons. The van der Waals surface area contributed by atoms with Crippen LogP contribution in [0.15, 0.2) is 45.9 Å². The van der Waals surface area contributed by atoms with Gasteiger partial charge in [0.25, 0.3) is 0 Å². The highest BCUT2D eigenvalue weighted by Crippen LogP contribution is 2.36. The molecular weight excluding hydrogens is 630 g/mol. The third-order valence-electron chi connectivity index (χ3n) is 7.36. The van der Waals surface area contributed by atoms with Crippen molar-refractivity contribution in [1.82, 2.24) is 23.7 Å². The highest BCUT2D eigenvalue weighted by molar-refractivity contribution is 9.10. The van der Waals surface area contributed by atoms with Crippen LogP contribution in [-0.4, -0.2) is 89.7 Å².